The molecule has 0 bridgehead atoms. The molecule has 2 nitrogen and oxygen atoms in total. The average molecular weight is 266 g/mol. The van der Waals surface area contributed by atoms with Gasteiger partial charge < -0.3 is 4.74 Å². The van der Waals surface area contributed by atoms with Crippen LogP contribution < -0.4 is 0 Å². The number of esters is 1. The minimum Gasteiger partial charge on any atom is -0.469 e. The highest BCUT2D eigenvalue weighted by atomic mass is 16.5. The molecule has 1 aliphatic carbocycles. The zero-order valence-electron chi connectivity index (χ0n) is 11.6. The van der Waals surface area contributed by atoms with E-state index in [9.17, 15) is 4.79 Å². The van der Waals surface area contributed by atoms with Crippen LogP contribution in [0, 0.1) is 0 Å². The standard InChI is InChI=1S/C18H18O2/c1-20-18(19)17-15-10-6-5-9-14(15)11-12-16(17)13-7-3-2-4-8-13/h2-10,16-17H,11-12H2,1H3/t16-,17-/m0/s1. The van der Waals surface area contributed by atoms with E-state index in [0.29, 0.717) is 0 Å². The fourth-order valence-electron chi connectivity index (χ4n) is 3.24. The third-order valence-corrected chi connectivity index (χ3v) is 4.20. The summed E-state index contributed by atoms with van der Waals surface area (Å²) in [6.07, 6.45) is 2.00. The Labute approximate surface area is 119 Å². The van der Waals surface area contributed by atoms with Gasteiger partial charge in [0.25, 0.3) is 0 Å². The first-order chi connectivity index (χ1) is 9.81. The molecule has 0 heterocycles. The molecular weight excluding hydrogens is 248 g/mol. The summed E-state index contributed by atoms with van der Waals surface area (Å²) in [5.74, 6) is -0.114. The smallest absolute Gasteiger partial charge is 0.313 e. The number of carbonyl (C=O) groups excluding carboxylic acids is 1. The Morgan fingerprint density at radius 1 is 1.05 bits per heavy atom. The predicted octanol–water partition coefficient (Wildman–Crippen LogP) is 3.67. The Morgan fingerprint density at radius 2 is 1.75 bits per heavy atom. The first-order valence-electron chi connectivity index (χ1n) is 7.02. The summed E-state index contributed by atoms with van der Waals surface area (Å²) in [6, 6.07) is 18.5. The van der Waals surface area contributed by atoms with Gasteiger partial charge in [0.05, 0.1) is 13.0 Å². The van der Waals surface area contributed by atoms with Crippen molar-refractivity contribution in [3.8, 4) is 0 Å². The van der Waals surface area contributed by atoms with E-state index in [-0.39, 0.29) is 17.8 Å². The summed E-state index contributed by atoms with van der Waals surface area (Å²) in [5, 5.41) is 0. The van der Waals surface area contributed by atoms with Gasteiger partial charge in [-0.2, -0.15) is 0 Å². The van der Waals surface area contributed by atoms with Gasteiger partial charge in [-0.05, 0) is 29.5 Å². The monoisotopic (exact) mass is 266 g/mol. The molecule has 0 radical (unpaired) electrons. The SMILES string of the molecule is COC(=O)[C@H]1c2ccccc2CC[C@H]1c1ccccc1. The highest BCUT2D eigenvalue weighted by molar-refractivity contribution is 5.80. The molecular formula is C18H18O2. The predicted molar refractivity (Wildman–Crippen MR) is 78.7 cm³/mol. The molecule has 20 heavy (non-hydrogen) atoms. The largest absolute Gasteiger partial charge is 0.469 e. The summed E-state index contributed by atoms with van der Waals surface area (Å²) in [7, 11) is 1.47. The molecule has 0 amide bonds. The van der Waals surface area contributed by atoms with Crippen LogP contribution in [0.5, 0.6) is 0 Å². The Kier molecular flexibility index (Phi) is 3.55. The number of aryl methyl sites for hydroxylation is 1. The molecule has 0 spiro atoms. The molecule has 0 N–H and O–H groups in total. The van der Waals surface area contributed by atoms with E-state index in [4.69, 9.17) is 4.74 Å². The maximum atomic E-state index is 12.3. The highest BCUT2D eigenvalue weighted by Gasteiger charge is 2.36. The Hall–Kier alpha value is -2.09. The first-order valence-corrected chi connectivity index (χ1v) is 7.02. The van der Waals surface area contributed by atoms with E-state index in [1.165, 1.54) is 18.2 Å². The number of rotatable bonds is 2. The molecule has 0 aliphatic heterocycles. The van der Waals surface area contributed by atoms with Crippen LogP contribution in [0.2, 0.25) is 0 Å². The summed E-state index contributed by atoms with van der Waals surface area (Å²) < 4.78 is 5.06. The number of ether oxygens (including phenoxy) is 1. The number of benzene rings is 2. The fourth-order valence-corrected chi connectivity index (χ4v) is 3.24. The molecule has 2 atom stereocenters. The number of hydrogen-bond acceptors (Lipinski definition) is 2. The molecule has 2 heteroatoms. The second kappa shape index (κ2) is 5.49. The van der Waals surface area contributed by atoms with Crippen LogP contribution in [-0.4, -0.2) is 13.1 Å². The maximum Gasteiger partial charge on any atom is 0.313 e. The van der Waals surface area contributed by atoms with Gasteiger partial charge in [0.15, 0.2) is 0 Å². The van der Waals surface area contributed by atoms with Crippen LogP contribution in [0.15, 0.2) is 54.6 Å². The molecule has 102 valence electrons. The number of hydrogen-bond donors (Lipinski definition) is 0. The molecule has 2 aromatic rings. The second-order valence-electron chi connectivity index (χ2n) is 5.26. The summed E-state index contributed by atoms with van der Waals surface area (Å²) >= 11 is 0. The van der Waals surface area contributed by atoms with Crippen molar-refractivity contribution in [2.45, 2.75) is 24.7 Å². The molecule has 0 saturated heterocycles. The lowest BCUT2D eigenvalue weighted by atomic mass is 9.72. The van der Waals surface area contributed by atoms with E-state index in [0.717, 1.165) is 18.4 Å². The maximum absolute atomic E-state index is 12.3. The van der Waals surface area contributed by atoms with Crippen molar-refractivity contribution in [3.05, 3.63) is 71.3 Å². The van der Waals surface area contributed by atoms with Gasteiger partial charge in [0, 0.05) is 5.92 Å². The van der Waals surface area contributed by atoms with Gasteiger partial charge in [-0.15, -0.1) is 0 Å². The van der Waals surface area contributed by atoms with Gasteiger partial charge in [-0.1, -0.05) is 54.6 Å². The van der Waals surface area contributed by atoms with Crippen LogP contribution in [0.3, 0.4) is 0 Å². The normalized spacial score (nSPS) is 21.1. The van der Waals surface area contributed by atoms with Crippen molar-refractivity contribution in [1.29, 1.82) is 0 Å². The van der Waals surface area contributed by atoms with E-state index < -0.39 is 0 Å². The molecule has 0 fully saturated rings. The minimum atomic E-state index is -0.188. The number of carbonyl (C=O) groups is 1. The minimum absolute atomic E-state index is 0.133. The highest BCUT2D eigenvalue weighted by Crippen LogP contribution is 2.42. The second-order valence-corrected chi connectivity index (χ2v) is 5.26. The third-order valence-electron chi connectivity index (χ3n) is 4.20. The van der Waals surface area contributed by atoms with Crippen molar-refractivity contribution in [2.24, 2.45) is 0 Å². The zero-order valence-corrected chi connectivity index (χ0v) is 11.6. The van der Waals surface area contributed by atoms with Crippen molar-refractivity contribution in [2.75, 3.05) is 7.11 Å². The number of methoxy groups -OCH3 is 1. The van der Waals surface area contributed by atoms with Gasteiger partial charge in [0.2, 0.25) is 0 Å². The van der Waals surface area contributed by atoms with Gasteiger partial charge in [-0.3, -0.25) is 4.79 Å². The molecule has 2 aromatic carbocycles. The summed E-state index contributed by atoms with van der Waals surface area (Å²) in [4.78, 5) is 12.3. The van der Waals surface area contributed by atoms with Gasteiger partial charge >= 0.3 is 5.97 Å². The van der Waals surface area contributed by atoms with E-state index >= 15 is 0 Å². The van der Waals surface area contributed by atoms with E-state index in [1.54, 1.807) is 0 Å². The Bertz CT molecular complexity index is 604. The molecule has 0 saturated carbocycles. The number of fused-ring (bicyclic) bond motifs is 1. The van der Waals surface area contributed by atoms with Crippen molar-refractivity contribution in [1.82, 2.24) is 0 Å². The van der Waals surface area contributed by atoms with Crippen molar-refractivity contribution < 1.29 is 9.53 Å². The average Bonchev–Trinajstić information content (AvgIpc) is 2.54. The Morgan fingerprint density at radius 3 is 2.50 bits per heavy atom. The lowest BCUT2D eigenvalue weighted by molar-refractivity contribution is -0.143. The summed E-state index contributed by atoms with van der Waals surface area (Å²) in [6.45, 7) is 0. The quantitative estimate of drug-likeness (QED) is 0.775. The Balaban J connectivity index is 2.06. The fraction of sp³-hybridized carbons (Fsp3) is 0.278. The molecule has 0 aromatic heterocycles. The molecule has 1 aliphatic rings. The van der Waals surface area contributed by atoms with E-state index in [1.807, 2.05) is 30.3 Å². The molecule has 3 rings (SSSR count). The van der Waals surface area contributed by atoms with Crippen LogP contribution >= 0.6 is 0 Å². The van der Waals surface area contributed by atoms with Crippen molar-refractivity contribution >= 4 is 5.97 Å². The van der Waals surface area contributed by atoms with E-state index in [2.05, 4.69) is 24.3 Å². The van der Waals surface area contributed by atoms with Crippen LogP contribution in [-0.2, 0) is 16.0 Å². The van der Waals surface area contributed by atoms with Crippen LogP contribution in [0.25, 0.3) is 0 Å². The van der Waals surface area contributed by atoms with Gasteiger partial charge in [-0.25, -0.2) is 0 Å². The van der Waals surface area contributed by atoms with Gasteiger partial charge in [0.1, 0.15) is 0 Å². The lowest BCUT2D eigenvalue weighted by Crippen LogP contribution is -2.27. The summed E-state index contributed by atoms with van der Waals surface area (Å²) in [5.41, 5.74) is 3.62. The molecule has 0 unspecified atom stereocenters. The topological polar surface area (TPSA) is 26.3 Å². The zero-order chi connectivity index (χ0) is 13.9. The third kappa shape index (κ3) is 2.22. The lowest BCUT2D eigenvalue weighted by Gasteiger charge is -2.32. The van der Waals surface area contributed by atoms with Crippen LogP contribution in [0.4, 0.5) is 0 Å². The van der Waals surface area contributed by atoms with Crippen LogP contribution in [0.1, 0.15) is 34.9 Å². The first kappa shape index (κ1) is 12.9. The van der Waals surface area contributed by atoms with Crippen molar-refractivity contribution in [3.63, 3.8) is 0 Å².